The Morgan fingerprint density at radius 3 is 2.84 bits per heavy atom. The van der Waals surface area contributed by atoms with Gasteiger partial charge in [-0.15, -0.1) is 0 Å². The second-order valence-corrected chi connectivity index (χ2v) is 8.39. The van der Waals surface area contributed by atoms with Crippen LogP contribution in [-0.4, -0.2) is 47.6 Å². The molecule has 3 aromatic rings. The van der Waals surface area contributed by atoms with E-state index in [9.17, 15) is 14.7 Å². The van der Waals surface area contributed by atoms with Crippen LogP contribution < -0.4 is 19.5 Å². The van der Waals surface area contributed by atoms with Crippen LogP contribution in [0, 0.1) is 0 Å². The number of aromatic nitrogens is 1. The van der Waals surface area contributed by atoms with E-state index in [0.717, 1.165) is 22.2 Å². The summed E-state index contributed by atoms with van der Waals surface area (Å²) in [5.41, 5.74) is 1.56. The van der Waals surface area contributed by atoms with Gasteiger partial charge in [0.15, 0.2) is 12.4 Å². The maximum atomic E-state index is 12.3. The quantitative estimate of drug-likeness (QED) is 0.522. The number of phenols is 1. The number of rotatable bonds is 7. The van der Waals surface area contributed by atoms with Crippen molar-refractivity contribution in [3.8, 4) is 23.0 Å². The highest BCUT2D eigenvalue weighted by Crippen LogP contribution is 2.40. The number of H-pyrrole nitrogens is 1. The van der Waals surface area contributed by atoms with E-state index in [4.69, 9.17) is 14.2 Å². The molecule has 0 unspecified atom stereocenters. The second kappa shape index (κ2) is 8.45. The third-order valence-corrected chi connectivity index (χ3v) is 5.37. The van der Waals surface area contributed by atoms with E-state index < -0.39 is 5.60 Å². The summed E-state index contributed by atoms with van der Waals surface area (Å²) in [5, 5.41) is 14.1. The molecule has 0 atom stereocenters. The van der Waals surface area contributed by atoms with Crippen LogP contribution in [0.1, 0.15) is 36.2 Å². The Hall–Kier alpha value is -3.68. The lowest BCUT2D eigenvalue weighted by Crippen LogP contribution is -2.36. The number of aromatic amines is 1. The Kier molecular flexibility index (Phi) is 5.69. The molecule has 1 aliphatic heterocycles. The van der Waals surface area contributed by atoms with Crippen LogP contribution in [0.5, 0.6) is 23.0 Å². The molecule has 2 aromatic carbocycles. The number of benzene rings is 2. The van der Waals surface area contributed by atoms with Crippen molar-refractivity contribution in [1.29, 1.82) is 0 Å². The summed E-state index contributed by atoms with van der Waals surface area (Å²) in [6.07, 6.45) is 2.74. The fourth-order valence-electron chi connectivity index (χ4n) is 3.86. The monoisotopic (exact) mass is 438 g/mol. The zero-order chi connectivity index (χ0) is 22.9. The number of hydrogen-bond donors (Lipinski definition) is 3. The smallest absolute Gasteiger partial charge is 0.257 e. The highest BCUT2D eigenvalue weighted by molar-refractivity contribution is 6.03. The summed E-state index contributed by atoms with van der Waals surface area (Å²) in [6, 6.07) is 8.66. The SMILES string of the molecule is COc1ccc2[nH]cc(CCNC(=O)COc3cc(O)c4c(c3)OC(C)(C)CC4=O)c2c1. The van der Waals surface area contributed by atoms with Gasteiger partial charge in [-0.2, -0.15) is 0 Å². The van der Waals surface area contributed by atoms with Crippen molar-refractivity contribution in [2.45, 2.75) is 32.3 Å². The number of phenolic OH excluding ortho intramolecular Hbond substituents is 1. The lowest BCUT2D eigenvalue weighted by atomic mass is 9.92. The molecule has 1 aliphatic rings. The highest BCUT2D eigenvalue weighted by atomic mass is 16.5. The van der Waals surface area contributed by atoms with Gasteiger partial charge in [-0.3, -0.25) is 9.59 Å². The molecule has 168 valence electrons. The van der Waals surface area contributed by atoms with Crippen molar-refractivity contribution in [2.75, 3.05) is 20.3 Å². The fraction of sp³-hybridized carbons (Fsp3) is 0.333. The molecule has 2 heterocycles. The molecule has 4 rings (SSSR count). The highest BCUT2D eigenvalue weighted by Gasteiger charge is 2.35. The van der Waals surface area contributed by atoms with Gasteiger partial charge in [-0.1, -0.05) is 0 Å². The second-order valence-electron chi connectivity index (χ2n) is 8.39. The minimum atomic E-state index is -0.668. The molecular weight excluding hydrogens is 412 g/mol. The number of Topliss-reactive ketones (excluding diaryl/α,β-unsaturated/α-hetero) is 1. The first kappa shape index (κ1) is 21.5. The fourth-order valence-corrected chi connectivity index (χ4v) is 3.86. The van der Waals surface area contributed by atoms with Crippen LogP contribution in [0.25, 0.3) is 10.9 Å². The number of ketones is 1. The average Bonchev–Trinajstić information content (AvgIpc) is 3.12. The molecule has 32 heavy (non-hydrogen) atoms. The van der Waals surface area contributed by atoms with E-state index in [1.807, 2.05) is 24.4 Å². The summed E-state index contributed by atoms with van der Waals surface area (Å²) in [6.45, 7) is 3.82. The first-order chi connectivity index (χ1) is 15.3. The maximum Gasteiger partial charge on any atom is 0.257 e. The van der Waals surface area contributed by atoms with Gasteiger partial charge in [-0.25, -0.2) is 0 Å². The standard InChI is InChI=1S/C24H26N2O6/c1-24(2)11-20(28)23-19(27)9-16(10-21(23)32-24)31-13-22(29)25-7-6-14-12-26-18-5-4-15(30-3)8-17(14)18/h4-5,8-10,12,26-27H,6-7,11,13H2,1-3H3,(H,25,29). The zero-order valence-corrected chi connectivity index (χ0v) is 18.3. The van der Waals surface area contributed by atoms with Gasteiger partial charge in [0, 0.05) is 35.8 Å². The largest absolute Gasteiger partial charge is 0.507 e. The van der Waals surface area contributed by atoms with Crippen molar-refractivity contribution < 1.29 is 28.9 Å². The number of carbonyl (C=O) groups excluding carboxylic acids is 2. The molecule has 3 N–H and O–H groups in total. The minimum absolute atomic E-state index is 0.150. The Morgan fingerprint density at radius 2 is 2.06 bits per heavy atom. The van der Waals surface area contributed by atoms with Crippen LogP contribution >= 0.6 is 0 Å². The summed E-state index contributed by atoms with van der Waals surface area (Å²) in [4.78, 5) is 27.7. The van der Waals surface area contributed by atoms with Crippen LogP contribution in [0.2, 0.25) is 0 Å². The Balaban J connectivity index is 1.33. The van der Waals surface area contributed by atoms with E-state index >= 15 is 0 Å². The summed E-state index contributed by atoms with van der Waals surface area (Å²) in [5.74, 6) is 0.596. The first-order valence-corrected chi connectivity index (χ1v) is 10.4. The maximum absolute atomic E-state index is 12.3. The van der Waals surface area contributed by atoms with Crippen LogP contribution in [0.4, 0.5) is 0 Å². The normalized spacial score (nSPS) is 14.5. The lowest BCUT2D eigenvalue weighted by molar-refractivity contribution is -0.123. The van der Waals surface area contributed by atoms with Crippen LogP contribution in [0.3, 0.4) is 0 Å². The van der Waals surface area contributed by atoms with E-state index in [0.29, 0.717) is 13.0 Å². The summed E-state index contributed by atoms with van der Waals surface area (Å²) < 4.78 is 16.6. The summed E-state index contributed by atoms with van der Waals surface area (Å²) in [7, 11) is 1.63. The van der Waals surface area contributed by atoms with E-state index in [1.165, 1.54) is 12.1 Å². The average molecular weight is 438 g/mol. The van der Waals surface area contributed by atoms with E-state index in [1.54, 1.807) is 21.0 Å². The Bertz CT molecular complexity index is 1180. The first-order valence-electron chi connectivity index (χ1n) is 10.4. The number of amides is 1. The van der Waals surface area contributed by atoms with Gasteiger partial charge in [-0.05, 0) is 44.0 Å². The molecule has 0 saturated heterocycles. The minimum Gasteiger partial charge on any atom is -0.507 e. The predicted octanol–water partition coefficient (Wildman–Crippen LogP) is 3.36. The summed E-state index contributed by atoms with van der Waals surface area (Å²) >= 11 is 0. The van der Waals surface area contributed by atoms with E-state index in [2.05, 4.69) is 10.3 Å². The van der Waals surface area contributed by atoms with Crippen LogP contribution in [0.15, 0.2) is 36.5 Å². The van der Waals surface area contributed by atoms with Crippen molar-refractivity contribution >= 4 is 22.6 Å². The molecule has 0 aliphatic carbocycles. The molecule has 0 spiro atoms. The molecule has 0 radical (unpaired) electrons. The van der Waals surface area contributed by atoms with Crippen molar-refractivity contribution in [1.82, 2.24) is 10.3 Å². The molecule has 8 nitrogen and oxygen atoms in total. The molecule has 0 fully saturated rings. The van der Waals surface area contributed by atoms with Gasteiger partial charge >= 0.3 is 0 Å². The number of methoxy groups -OCH3 is 1. The number of carbonyl (C=O) groups is 2. The van der Waals surface area contributed by atoms with Crippen molar-refractivity contribution in [3.63, 3.8) is 0 Å². The molecule has 1 aromatic heterocycles. The zero-order valence-electron chi connectivity index (χ0n) is 18.3. The molecule has 0 saturated carbocycles. The topological polar surface area (TPSA) is 110 Å². The molecule has 1 amide bonds. The predicted molar refractivity (Wildman–Crippen MR) is 119 cm³/mol. The number of ether oxygens (including phenoxy) is 3. The van der Waals surface area contributed by atoms with E-state index in [-0.39, 0.29) is 47.5 Å². The number of fused-ring (bicyclic) bond motifs is 2. The number of hydrogen-bond acceptors (Lipinski definition) is 6. The van der Waals surface area contributed by atoms with Gasteiger partial charge in [0.25, 0.3) is 5.91 Å². The van der Waals surface area contributed by atoms with Gasteiger partial charge in [0.05, 0.1) is 13.5 Å². The molecule has 0 bridgehead atoms. The third kappa shape index (κ3) is 4.49. The Morgan fingerprint density at radius 1 is 1.25 bits per heavy atom. The van der Waals surface area contributed by atoms with Gasteiger partial charge in [0.2, 0.25) is 0 Å². The molecule has 8 heteroatoms. The lowest BCUT2D eigenvalue weighted by Gasteiger charge is -2.32. The van der Waals surface area contributed by atoms with Gasteiger partial charge in [0.1, 0.15) is 34.2 Å². The van der Waals surface area contributed by atoms with Crippen molar-refractivity contribution in [3.05, 3.63) is 47.7 Å². The van der Waals surface area contributed by atoms with Crippen LogP contribution in [-0.2, 0) is 11.2 Å². The van der Waals surface area contributed by atoms with Crippen molar-refractivity contribution in [2.24, 2.45) is 0 Å². The molecular formula is C24H26N2O6. The number of aromatic hydroxyl groups is 1. The van der Waals surface area contributed by atoms with Gasteiger partial charge < -0.3 is 29.6 Å². The number of nitrogens with one attached hydrogen (secondary N) is 2. The Labute approximate surface area is 185 Å². The third-order valence-electron chi connectivity index (χ3n) is 5.37.